The van der Waals surface area contributed by atoms with E-state index in [1.54, 1.807) is 35.9 Å². The first-order valence-electron chi connectivity index (χ1n) is 5.96. The smallest absolute Gasteiger partial charge is 0.134 e. The van der Waals surface area contributed by atoms with Crippen LogP contribution in [0, 0.1) is 0 Å². The van der Waals surface area contributed by atoms with Crippen LogP contribution in [0.4, 0.5) is 0 Å². The summed E-state index contributed by atoms with van der Waals surface area (Å²) in [4.78, 5) is 8.80. The van der Waals surface area contributed by atoms with E-state index >= 15 is 0 Å². The Balaban J connectivity index is 1.35. The van der Waals surface area contributed by atoms with Crippen molar-refractivity contribution in [3.8, 4) is 0 Å². The van der Waals surface area contributed by atoms with Crippen LogP contribution >= 0.6 is 94.1 Å². The third-order valence-electron chi connectivity index (χ3n) is 2.66. The predicted molar refractivity (Wildman–Crippen MR) is 110 cm³/mol. The molecule has 5 heterocycles. The van der Waals surface area contributed by atoms with E-state index in [2.05, 4.69) is 20.8 Å². The zero-order valence-electron chi connectivity index (χ0n) is 10.5. The molecule has 0 unspecified atom stereocenters. The molecule has 0 fully saturated rings. The maximum atomic E-state index is 4.40. The molecular formula is C12H4N2S8. The quantitative estimate of drug-likeness (QED) is 0.427. The van der Waals surface area contributed by atoms with Crippen LogP contribution < -0.4 is 0 Å². The maximum Gasteiger partial charge on any atom is 0.134 e. The molecule has 1 aromatic rings. The van der Waals surface area contributed by atoms with E-state index in [4.69, 9.17) is 0 Å². The van der Waals surface area contributed by atoms with Crippen LogP contribution in [0.3, 0.4) is 0 Å². The highest BCUT2D eigenvalue weighted by Crippen LogP contribution is 2.71. The Bertz CT molecular complexity index is 750. The first-order valence-corrected chi connectivity index (χ1v) is 12.6. The SMILES string of the molecule is C1=CSC(=C2SC3=C(S2)SC(=C2Sc4nccnc4S2)S3)S1. The summed E-state index contributed by atoms with van der Waals surface area (Å²) in [6.45, 7) is 0. The van der Waals surface area contributed by atoms with Gasteiger partial charge in [-0.05, 0) is 10.8 Å². The molecule has 10 heteroatoms. The van der Waals surface area contributed by atoms with Gasteiger partial charge in [0, 0.05) is 12.4 Å². The van der Waals surface area contributed by atoms with E-state index in [9.17, 15) is 0 Å². The Morgan fingerprint density at radius 1 is 0.500 bits per heavy atom. The fraction of sp³-hybridized carbons (Fsp3) is 0. The van der Waals surface area contributed by atoms with Crippen molar-refractivity contribution in [2.75, 3.05) is 0 Å². The number of rotatable bonds is 0. The molecule has 0 spiro atoms. The minimum absolute atomic E-state index is 1.04. The highest BCUT2D eigenvalue weighted by Gasteiger charge is 2.35. The van der Waals surface area contributed by atoms with E-state index in [-0.39, 0.29) is 0 Å². The zero-order chi connectivity index (χ0) is 14.5. The lowest BCUT2D eigenvalue weighted by Gasteiger charge is -2.06. The van der Waals surface area contributed by atoms with E-state index in [0.717, 1.165) is 10.1 Å². The Kier molecular flexibility index (Phi) is 4.32. The number of fused-ring (bicyclic) bond motifs is 1. The monoisotopic (exact) mass is 432 g/mol. The van der Waals surface area contributed by atoms with Crippen molar-refractivity contribution in [3.63, 3.8) is 0 Å². The molecule has 2 nitrogen and oxygen atoms in total. The van der Waals surface area contributed by atoms with Gasteiger partial charge in [0.1, 0.15) is 10.1 Å². The third kappa shape index (κ3) is 2.73. The van der Waals surface area contributed by atoms with Crippen molar-refractivity contribution in [3.05, 3.63) is 48.6 Å². The lowest BCUT2D eigenvalue weighted by atomic mass is 10.8. The van der Waals surface area contributed by atoms with Gasteiger partial charge in [0.05, 0.1) is 25.4 Å². The molecule has 4 aliphatic rings. The summed E-state index contributed by atoms with van der Waals surface area (Å²) in [6, 6.07) is 0. The normalized spacial score (nSPS) is 23.1. The molecule has 0 radical (unpaired) electrons. The van der Waals surface area contributed by atoms with Crippen LogP contribution in [0.25, 0.3) is 0 Å². The van der Waals surface area contributed by atoms with Crippen molar-refractivity contribution < 1.29 is 0 Å². The molecule has 4 aliphatic heterocycles. The van der Waals surface area contributed by atoms with Crippen molar-refractivity contribution in [2.45, 2.75) is 10.1 Å². The predicted octanol–water partition coefficient (Wildman–Crippen LogP) is 6.97. The third-order valence-corrected chi connectivity index (χ3v) is 13.8. The second-order valence-electron chi connectivity index (χ2n) is 4.01. The minimum Gasteiger partial charge on any atom is -0.245 e. The van der Waals surface area contributed by atoms with Gasteiger partial charge in [-0.2, -0.15) is 0 Å². The summed E-state index contributed by atoms with van der Waals surface area (Å²) in [5.41, 5.74) is 0. The van der Waals surface area contributed by atoms with Gasteiger partial charge >= 0.3 is 0 Å². The molecule has 0 aromatic carbocycles. The highest BCUT2D eigenvalue weighted by atomic mass is 32.3. The van der Waals surface area contributed by atoms with Gasteiger partial charge < -0.3 is 0 Å². The van der Waals surface area contributed by atoms with E-state index in [1.807, 2.05) is 70.6 Å². The van der Waals surface area contributed by atoms with Gasteiger partial charge in [-0.1, -0.05) is 94.1 Å². The topological polar surface area (TPSA) is 25.8 Å². The Hall–Kier alpha value is 0.840. The van der Waals surface area contributed by atoms with Crippen LogP contribution in [0.5, 0.6) is 0 Å². The second-order valence-corrected chi connectivity index (χ2v) is 13.5. The lowest BCUT2D eigenvalue weighted by Crippen LogP contribution is -1.79. The molecule has 0 atom stereocenters. The fourth-order valence-corrected chi connectivity index (χ4v) is 12.9. The molecule has 0 amide bonds. The molecule has 1 aromatic heterocycles. The van der Waals surface area contributed by atoms with Crippen LogP contribution in [0.15, 0.2) is 58.7 Å². The first kappa shape index (κ1) is 15.1. The summed E-state index contributed by atoms with van der Waals surface area (Å²) in [7, 11) is 0. The van der Waals surface area contributed by atoms with Crippen LogP contribution in [0.2, 0.25) is 0 Å². The fourth-order valence-electron chi connectivity index (χ4n) is 1.79. The average molecular weight is 433 g/mol. The molecule has 110 valence electrons. The van der Waals surface area contributed by atoms with Crippen LogP contribution in [0.1, 0.15) is 0 Å². The summed E-state index contributed by atoms with van der Waals surface area (Å²) in [6.07, 6.45) is 3.53. The minimum atomic E-state index is 1.04. The number of hydrogen-bond donors (Lipinski definition) is 0. The summed E-state index contributed by atoms with van der Waals surface area (Å²) in [5.74, 6) is 0. The van der Waals surface area contributed by atoms with Crippen LogP contribution in [-0.2, 0) is 0 Å². The maximum absolute atomic E-state index is 4.40. The van der Waals surface area contributed by atoms with Gasteiger partial charge in [0.15, 0.2) is 0 Å². The Labute approximate surface area is 161 Å². The zero-order valence-corrected chi connectivity index (χ0v) is 17.0. The average Bonchev–Trinajstić information content (AvgIpc) is 3.27. The summed E-state index contributed by atoms with van der Waals surface area (Å²) < 4.78 is 8.44. The van der Waals surface area contributed by atoms with Crippen molar-refractivity contribution in [1.82, 2.24) is 9.97 Å². The van der Waals surface area contributed by atoms with E-state index in [1.165, 1.54) is 25.4 Å². The van der Waals surface area contributed by atoms with Gasteiger partial charge in [0.25, 0.3) is 0 Å². The second kappa shape index (κ2) is 6.29. The molecule has 0 saturated heterocycles. The Morgan fingerprint density at radius 3 is 1.41 bits per heavy atom. The molecule has 5 rings (SSSR count). The molecule has 22 heavy (non-hydrogen) atoms. The number of thioether (sulfide) groups is 8. The molecule has 0 aliphatic carbocycles. The number of hydrogen-bond acceptors (Lipinski definition) is 10. The largest absolute Gasteiger partial charge is 0.245 e. The molecular weight excluding hydrogens is 429 g/mol. The van der Waals surface area contributed by atoms with E-state index < -0.39 is 0 Å². The van der Waals surface area contributed by atoms with Gasteiger partial charge in [-0.25, -0.2) is 9.97 Å². The van der Waals surface area contributed by atoms with E-state index in [0.29, 0.717) is 0 Å². The lowest BCUT2D eigenvalue weighted by molar-refractivity contribution is 0.930. The van der Waals surface area contributed by atoms with Gasteiger partial charge in [-0.15, -0.1) is 0 Å². The Morgan fingerprint density at radius 2 is 0.909 bits per heavy atom. The summed E-state index contributed by atoms with van der Waals surface area (Å²) >= 11 is 14.8. The first-order chi connectivity index (χ1) is 10.9. The molecule has 0 saturated carbocycles. The van der Waals surface area contributed by atoms with Gasteiger partial charge in [0.2, 0.25) is 0 Å². The van der Waals surface area contributed by atoms with Gasteiger partial charge in [-0.3, -0.25) is 0 Å². The standard InChI is InChI=1S/C12H4N2S8/c1-2-14-6-5(13-1)17-9(18-6)10-21-11-12(22-10)20-8(19-11)7-15-3-4-16-7/h1-4H. The van der Waals surface area contributed by atoms with Crippen molar-refractivity contribution >= 4 is 94.1 Å². The highest BCUT2D eigenvalue weighted by molar-refractivity contribution is 8.49. The summed E-state index contributed by atoms with van der Waals surface area (Å²) in [5, 5.41) is 6.40. The number of nitrogens with zero attached hydrogens (tertiary/aromatic N) is 2. The van der Waals surface area contributed by atoms with Crippen molar-refractivity contribution in [1.29, 1.82) is 0 Å². The van der Waals surface area contributed by atoms with Crippen molar-refractivity contribution in [2.24, 2.45) is 0 Å². The van der Waals surface area contributed by atoms with Crippen LogP contribution in [-0.4, -0.2) is 9.97 Å². The molecule has 0 bridgehead atoms. The number of aromatic nitrogens is 2. The molecule has 0 N–H and O–H groups in total.